The Balaban J connectivity index is 2.44. The second-order valence-electron chi connectivity index (χ2n) is 4.86. The van der Waals surface area contributed by atoms with Crippen LogP contribution in [0.15, 0.2) is 22.6 Å². The number of benzene rings is 1. The number of nitrogens with zero attached hydrogens (tertiary/aromatic N) is 2. The molecule has 0 aliphatic rings. The van der Waals surface area contributed by atoms with E-state index in [2.05, 4.69) is 31.4 Å². The summed E-state index contributed by atoms with van der Waals surface area (Å²) >= 11 is 0. The maximum absolute atomic E-state index is 10.9. The molecule has 0 spiro atoms. The summed E-state index contributed by atoms with van der Waals surface area (Å²) < 4.78 is 6.16. The largest absolute Gasteiger partial charge is 0.423 e. The fraction of sp³-hybridized carbons (Fsp3) is 0.333. The molecule has 5 nitrogen and oxygen atoms in total. The summed E-state index contributed by atoms with van der Waals surface area (Å²) in [5.74, 6) is -0.191. The molecule has 1 amide bonds. The molecule has 0 radical (unpaired) electrons. The van der Waals surface area contributed by atoms with E-state index in [1.54, 1.807) is 0 Å². The van der Waals surface area contributed by atoms with Crippen LogP contribution in [-0.2, 0) is 4.79 Å². The van der Waals surface area contributed by atoms with Crippen molar-refractivity contribution >= 4 is 28.7 Å². The Morgan fingerprint density at radius 3 is 2.65 bits per heavy atom. The Hall–Kier alpha value is -1.88. The number of amides is 1. The van der Waals surface area contributed by atoms with Crippen molar-refractivity contribution in [3.63, 3.8) is 0 Å². The smallest absolute Gasteiger partial charge is 0.302 e. The topological polar surface area (TPSA) is 55.1 Å². The third-order valence-corrected chi connectivity index (χ3v) is 2.43. The lowest BCUT2D eigenvalue weighted by Crippen LogP contribution is -2.34. The molecular formula is C12H16N3O2+. The molecule has 0 bridgehead atoms. The molecule has 1 N–H and O–H groups in total. The van der Waals surface area contributed by atoms with Crippen molar-refractivity contribution in [1.82, 2.24) is 9.47 Å². The van der Waals surface area contributed by atoms with Crippen LogP contribution in [0, 0.1) is 0 Å². The van der Waals surface area contributed by atoms with Gasteiger partial charge < -0.3 is 4.42 Å². The van der Waals surface area contributed by atoms with Gasteiger partial charge in [-0.1, -0.05) is 0 Å². The van der Waals surface area contributed by atoms with Crippen LogP contribution in [0.25, 0.3) is 11.1 Å². The highest BCUT2D eigenvalue weighted by molar-refractivity contribution is 5.88. The number of quaternary nitrogens is 1. The predicted molar refractivity (Wildman–Crippen MR) is 67.9 cm³/mol. The third kappa shape index (κ3) is 2.45. The number of aromatic nitrogens is 1. The summed E-state index contributed by atoms with van der Waals surface area (Å²) in [6, 6.07) is 6.07. The van der Waals surface area contributed by atoms with Crippen molar-refractivity contribution < 1.29 is 9.21 Å². The van der Waals surface area contributed by atoms with E-state index in [4.69, 9.17) is 4.42 Å². The van der Waals surface area contributed by atoms with Crippen LogP contribution in [-0.4, -0.2) is 32.0 Å². The van der Waals surface area contributed by atoms with E-state index in [9.17, 15) is 4.79 Å². The van der Waals surface area contributed by atoms with Crippen LogP contribution in [0.4, 0.5) is 11.7 Å². The van der Waals surface area contributed by atoms with Gasteiger partial charge in [0, 0.05) is 19.1 Å². The van der Waals surface area contributed by atoms with Crippen LogP contribution in [0.3, 0.4) is 0 Å². The summed E-state index contributed by atoms with van der Waals surface area (Å²) in [6.07, 6.45) is 0. The summed E-state index contributed by atoms with van der Waals surface area (Å²) in [6.45, 7) is 1.42. The fourth-order valence-electron chi connectivity index (χ4n) is 1.53. The minimum Gasteiger partial charge on any atom is -0.423 e. The number of carbonyl (C=O) groups excluding carboxylic acids is 1. The third-order valence-electron chi connectivity index (χ3n) is 2.43. The maximum atomic E-state index is 10.9. The number of hydrogen-bond acceptors (Lipinski definition) is 3. The molecule has 0 aliphatic heterocycles. The Morgan fingerprint density at radius 2 is 2.06 bits per heavy atom. The van der Waals surface area contributed by atoms with Gasteiger partial charge in [0.1, 0.15) is 11.2 Å². The van der Waals surface area contributed by atoms with Gasteiger partial charge in [-0.3, -0.25) is 14.6 Å². The number of nitrogens with one attached hydrogen (secondary N) is 1. The normalized spacial score (nSPS) is 11.8. The molecule has 0 fully saturated rings. The first-order valence-electron chi connectivity index (χ1n) is 5.36. The summed E-state index contributed by atoms with van der Waals surface area (Å²) in [5, 5.41) is 2.53. The Morgan fingerprint density at radius 1 is 1.35 bits per heavy atom. The molecule has 2 rings (SSSR count). The lowest BCUT2D eigenvalue weighted by atomic mass is 10.2. The Kier molecular flexibility index (Phi) is 2.63. The zero-order chi connectivity index (χ0) is 12.6. The molecule has 0 aliphatic carbocycles. The average Bonchev–Trinajstić information content (AvgIpc) is 2.55. The Labute approximate surface area is 99.6 Å². The van der Waals surface area contributed by atoms with Gasteiger partial charge in [-0.2, -0.15) is 4.98 Å². The molecule has 0 saturated heterocycles. The first-order chi connectivity index (χ1) is 7.86. The average molecular weight is 234 g/mol. The van der Waals surface area contributed by atoms with Gasteiger partial charge in [0.05, 0.1) is 21.1 Å². The highest BCUT2D eigenvalue weighted by Gasteiger charge is 2.15. The molecule has 1 aromatic carbocycles. The van der Waals surface area contributed by atoms with E-state index in [1.807, 2.05) is 18.2 Å². The number of carbonyl (C=O) groups is 1. The van der Waals surface area contributed by atoms with E-state index in [-0.39, 0.29) is 11.9 Å². The van der Waals surface area contributed by atoms with Gasteiger partial charge in [0.15, 0.2) is 5.58 Å². The molecule has 0 atom stereocenters. The number of anilines is 1. The highest BCUT2D eigenvalue weighted by Crippen LogP contribution is 2.25. The predicted octanol–water partition coefficient (Wildman–Crippen LogP) is 1.98. The minimum absolute atomic E-state index is 0.191. The lowest BCUT2D eigenvalue weighted by Gasteiger charge is -2.22. The van der Waals surface area contributed by atoms with Gasteiger partial charge >= 0.3 is 6.01 Å². The van der Waals surface area contributed by atoms with Crippen molar-refractivity contribution in [1.29, 1.82) is 0 Å². The first kappa shape index (κ1) is 11.6. The molecule has 0 unspecified atom stereocenters. The first-order valence-corrected chi connectivity index (χ1v) is 5.36. The zero-order valence-corrected chi connectivity index (χ0v) is 10.4. The Bertz CT molecular complexity index is 567. The van der Waals surface area contributed by atoms with Crippen molar-refractivity contribution in [3.8, 4) is 0 Å². The number of hydrogen-bond donors (Lipinski definition) is 1. The van der Waals surface area contributed by atoms with Crippen LogP contribution in [0.2, 0.25) is 0 Å². The molecule has 90 valence electrons. The summed E-state index contributed by atoms with van der Waals surface area (Å²) in [4.78, 5) is 15.1. The number of rotatable bonds is 2. The van der Waals surface area contributed by atoms with E-state index in [0.717, 1.165) is 11.2 Å². The fourth-order valence-corrected chi connectivity index (χ4v) is 1.53. The molecule has 2 aromatic rings. The standard InChI is InChI=1S/C12H15N3O2/c1-8(16)13-12-14-10-6-5-9(15(2,3)4)7-11(10)17-12/h5-7H,1-4H3/p+1. The lowest BCUT2D eigenvalue weighted by molar-refractivity contribution is -0.114. The molecule has 17 heavy (non-hydrogen) atoms. The highest BCUT2D eigenvalue weighted by atomic mass is 16.4. The molecule has 1 aromatic heterocycles. The molecule has 0 saturated carbocycles. The second kappa shape index (κ2) is 3.85. The minimum atomic E-state index is -0.191. The van der Waals surface area contributed by atoms with E-state index in [0.29, 0.717) is 10.1 Å². The van der Waals surface area contributed by atoms with Crippen molar-refractivity contribution in [2.24, 2.45) is 0 Å². The van der Waals surface area contributed by atoms with Gasteiger partial charge in [0.25, 0.3) is 0 Å². The van der Waals surface area contributed by atoms with Gasteiger partial charge in [0.2, 0.25) is 5.91 Å². The van der Waals surface area contributed by atoms with Gasteiger partial charge in [-0.05, 0) is 6.07 Å². The van der Waals surface area contributed by atoms with Crippen LogP contribution in [0.5, 0.6) is 0 Å². The SMILES string of the molecule is CC(=O)Nc1nc2ccc([N+](C)(C)C)cc2o1. The maximum Gasteiger partial charge on any atom is 0.302 e. The van der Waals surface area contributed by atoms with Crippen molar-refractivity contribution in [2.75, 3.05) is 26.5 Å². The van der Waals surface area contributed by atoms with Crippen LogP contribution < -0.4 is 9.80 Å². The van der Waals surface area contributed by atoms with Crippen molar-refractivity contribution in [2.45, 2.75) is 6.92 Å². The van der Waals surface area contributed by atoms with Gasteiger partial charge in [-0.15, -0.1) is 0 Å². The van der Waals surface area contributed by atoms with Crippen LogP contribution in [0.1, 0.15) is 6.92 Å². The molecular weight excluding hydrogens is 218 g/mol. The van der Waals surface area contributed by atoms with E-state index in [1.165, 1.54) is 6.92 Å². The van der Waals surface area contributed by atoms with E-state index < -0.39 is 0 Å². The second-order valence-corrected chi connectivity index (χ2v) is 4.86. The number of oxazole rings is 1. The molecule has 5 heteroatoms. The van der Waals surface area contributed by atoms with Crippen molar-refractivity contribution in [3.05, 3.63) is 18.2 Å². The van der Waals surface area contributed by atoms with Crippen LogP contribution >= 0.6 is 0 Å². The zero-order valence-electron chi connectivity index (χ0n) is 10.4. The summed E-state index contributed by atoms with van der Waals surface area (Å²) in [5.41, 5.74) is 2.54. The summed E-state index contributed by atoms with van der Waals surface area (Å²) in [7, 11) is 6.23. The van der Waals surface area contributed by atoms with Gasteiger partial charge in [-0.25, -0.2) is 0 Å². The quantitative estimate of drug-likeness (QED) is 0.808. The molecule has 1 heterocycles. The monoisotopic (exact) mass is 234 g/mol. The number of fused-ring (bicyclic) bond motifs is 1. The van der Waals surface area contributed by atoms with E-state index >= 15 is 0 Å².